The van der Waals surface area contributed by atoms with Crippen molar-refractivity contribution in [3.63, 3.8) is 0 Å². The minimum absolute atomic E-state index is 0.0210. The van der Waals surface area contributed by atoms with E-state index in [1.807, 2.05) is 6.92 Å². The molecule has 0 heterocycles. The van der Waals surface area contributed by atoms with E-state index in [1.54, 1.807) is 18.2 Å². The molecule has 0 aliphatic rings. The van der Waals surface area contributed by atoms with Crippen LogP contribution in [0.25, 0.3) is 0 Å². The molecule has 2 rings (SSSR count). The fraction of sp³-hybridized carbons (Fsp3) is 0.133. The largest absolute Gasteiger partial charge is 0.465 e. The highest BCUT2D eigenvalue weighted by Crippen LogP contribution is 2.28. The van der Waals surface area contributed by atoms with Gasteiger partial charge in [-0.05, 0) is 36.8 Å². The number of carbonyl (C=O) groups is 1. The maximum Gasteiger partial charge on any atom is 0.340 e. The Balaban J connectivity index is 2.44. The topological polar surface area (TPSA) is 64.3 Å². The summed E-state index contributed by atoms with van der Waals surface area (Å²) in [5, 5.41) is 3.43. The van der Waals surface area contributed by atoms with E-state index in [1.165, 1.54) is 13.2 Å². The quantitative estimate of drug-likeness (QED) is 0.666. The van der Waals surface area contributed by atoms with Gasteiger partial charge in [-0.15, -0.1) is 0 Å². The third kappa shape index (κ3) is 3.25. The Morgan fingerprint density at radius 3 is 2.67 bits per heavy atom. The van der Waals surface area contributed by atoms with Gasteiger partial charge in [0.1, 0.15) is 5.82 Å². The molecule has 0 aliphatic heterocycles. The monoisotopic (exact) mass is 308 g/mol. The minimum atomic E-state index is -0.627. The number of nitrogens with two attached hydrogens (primary N) is 1. The van der Waals surface area contributed by atoms with Gasteiger partial charge in [-0.3, -0.25) is 0 Å². The average molecular weight is 309 g/mol. The summed E-state index contributed by atoms with van der Waals surface area (Å²) in [7, 11) is 1.24. The molecule has 0 unspecified atom stereocenters. The van der Waals surface area contributed by atoms with Gasteiger partial charge in [0.2, 0.25) is 0 Å². The molecule has 0 spiro atoms. The molecule has 2 aromatic carbocycles. The van der Waals surface area contributed by atoms with Crippen LogP contribution in [0.15, 0.2) is 30.3 Å². The number of hydrogen-bond acceptors (Lipinski definition) is 4. The highest BCUT2D eigenvalue weighted by molar-refractivity contribution is 6.30. The Hall–Kier alpha value is -2.27. The molecule has 2 aromatic rings. The van der Waals surface area contributed by atoms with Crippen LogP contribution < -0.4 is 11.1 Å². The molecule has 110 valence electrons. The zero-order valence-electron chi connectivity index (χ0n) is 11.5. The van der Waals surface area contributed by atoms with E-state index in [9.17, 15) is 9.18 Å². The van der Waals surface area contributed by atoms with Crippen molar-refractivity contribution in [3.05, 3.63) is 52.3 Å². The molecule has 3 N–H and O–H groups in total. The third-order valence-corrected chi connectivity index (χ3v) is 3.25. The Bertz CT molecular complexity index is 704. The summed E-state index contributed by atoms with van der Waals surface area (Å²) in [5.74, 6) is -1.20. The average Bonchev–Trinajstić information content (AvgIpc) is 2.44. The number of nitrogen functional groups attached to an aromatic ring is 1. The van der Waals surface area contributed by atoms with Gasteiger partial charge in [-0.25, -0.2) is 9.18 Å². The summed E-state index contributed by atoms with van der Waals surface area (Å²) >= 11 is 5.92. The fourth-order valence-corrected chi connectivity index (χ4v) is 2.02. The van der Waals surface area contributed by atoms with Crippen LogP contribution >= 0.6 is 11.6 Å². The minimum Gasteiger partial charge on any atom is -0.465 e. The molecule has 0 aliphatic carbocycles. The molecule has 0 fully saturated rings. The van der Waals surface area contributed by atoms with E-state index < -0.39 is 11.8 Å². The van der Waals surface area contributed by atoms with Gasteiger partial charge < -0.3 is 15.8 Å². The molecule has 0 bridgehead atoms. The van der Waals surface area contributed by atoms with Crippen LogP contribution in [0.2, 0.25) is 5.02 Å². The number of benzene rings is 2. The summed E-state index contributed by atoms with van der Waals surface area (Å²) in [6, 6.07) is 7.61. The molecule has 6 heteroatoms. The molecule has 0 radical (unpaired) electrons. The van der Waals surface area contributed by atoms with Gasteiger partial charge in [0.15, 0.2) is 0 Å². The Kier molecular flexibility index (Phi) is 4.33. The van der Waals surface area contributed by atoms with Crippen molar-refractivity contribution in [2.24, 2.45) is 0 Å². The van der Waals surface area contributed by atoms with E-state index >= 15 is 0 Å². The van der Waals surface area contributed by atoms with Gasteiger partial charge in [0.05, 0.1) is 18.4 Å². The lowest BCUT2D eigenvalue weighted by Gasteiger charge is -2.13. The second-order valence-corrected chi connectivity index (χ2v) is 4.93. The lowest BCUT2D eigenvalue weighted by atomic mass is 10.1. The Labute approximate surface area is 126 Å². The molecule has 0 saturated carbocycles. The van der Waals surface area contributed by atoms with Crippen LogP contribution in [0, 0.1) is 12.7 Å². The zero-order chi connectivity index (χ0) is 15.6. The van der Waals surface area contributed by atoms with Crippen LogP contribution in [0.5, 0.6) is 0 Å². The molecule has 21 heavy (non-hydrogen) atoms. The van der Waals surface area contributed by atoms with Crippen LogP contribution in [0.1, 0.15) is 15.9 Å². The van der Waals surface area contributed by atoms with Crippen LogP contribution in [0.4, 0.5) is 21.5 Å². The Morgan fingerprint density at radius 1 is 1.29 bits per heavy atom. The van der Waals surface area contributed by atoms with E-state index in [-0.39, 0.29) is 16.9 Å². The van der Waals surface area contributed by atoms with E-state index in [4.69, 9.17) is 17.3 Å². The molecule has 0 amide bonds. The molecular weight excluding hydrogens is 295 g/mol. The van der Waals surface area contributed by atoms with E-state index in [0.717, 1.165) is 11.6 Å². The van der Waals surface area contributed by atoms with Crippen molar-refractivity contribution >= 4 is 34.6 Å². The zero-order valence-corrected chi connectivity index (χ0v) is 12.3. The number of esters is 1. The summed E-state index contributed by atoms with van der Waals surface area (Å²) in [5.41, 5.74) is 7.39. The van der Waals surface area contributed by atoms with Crippen molar-refractivity contribution in [2.75, 3.05) is 18.2 Å². The molecule has 0 aromatic heterocycles. The predicted molar refractivity (Wildman–Crippen MR) is 81.6 cm³/mol. The number of hydrogen-bond donors (Lipinski definition) is 2. The Morgan fingerprint density at radius 2 is 2.00 bits per heavy atom. The lowest BCUT2D eigenvalue weighted by Crippen LogP contribution is -2.08. The third-order valence-electron chi connectivity index (χ3n) is 3.01. The summed E-state index contributed by atoms with van der Waals surface area (Å²) in [4.78, 5) is 11.6. The van der Waals surface area contributed by atoms with Crippen LogP contribution in [-0.4, -0.2) is 13.1 Å². The van der Waals surface area contributed by atoms with Crippen molar-refractivity contribution in [3.8, 4) is 0 Å². The van der Waals surface area contributed by atoms with Gasteiger partial charge in [0.25, 0.3) is 0 Å². The summed E-state index contributed by atoms with van der Waals surface area (Å²) in [6.45, 7) is 1.86. The molecule has 0 saturated heterocycles. The van der Waals surface area contributed by atoms with Crippen molar-refractivity contribution in [2.45, 2.75) is 6.92 Å². The van der Waals surface area contributed by atoms with Crippen molar-refractivity contribution < 1.29 is 13.9 Å². The van der Waals surface area contributed by atoms with Crippen molar-refractivity contribution in [1.82, 2.24) is 0 Å². The first kappa shape index (κ1) is 15.1. The standard InChI is InChI=1S/C15H14ClFN2O2/c1-8-3-4-9(16)5-13(8)19-14-6-10(15(20)21-2)12(18)7-11(14)17/h3-7,19H,18H2,1-2H3. The number of aryl methyl sites for hydroxylation is 1. The fourth-order valence-electron chi connectivity index (χ4n) is 1.85. The first-order valence-corrected chi connectivity index (χ1v) is 6.50. The van der Waals surface area contributed by atoms with Crippen LogP contribution in [-0.2, 0) is 4.74 Å². The van der Waals surface area contributed by atoms with Gasteiger partial charge in [-0.1, -0.05) is 17.7 Å². The number of methoxy groups -OCH3 is 1. The highest BCUT2D eigenvalue weighted by Gasteiger charge is 2.15. The number of halogens is 2. The number of ether oxygens (including phenoxy) is 1. The predicted octanol–water partition coefficient (Wildman–Crippen LogP) is 3.90. The highest BCUT2D eigenvalue weighted by atomic mass is 35.5. The van der Waals surface area contributed by atoms with Gasteiger partial charge in [0, 0.05) is 16.4 Å². The first-order chi connectivity index (χ1) is 9.92. The lowest BCUT2D eigenvalue weighted by molar-refractivity contribution is 0.0602. The SMILES string of the molecule is COC(=O)c1cc(Nc2cc(Cl)ccc2C)c(F)cc1N. The second-order valence-electron chi connectivity index (χ2n) is 4.50. The number of nitrogens with one attached hydrogen (secondary N) is 1. The maximum atomic E-state index is 14.0. The molecule has 0 atom stereocenters. The van der Waals surface area contributed by atoms with Gasteiger partial charge in [-0.2, -0.15) is 0 Å². The number of anilines is 3. The molecule has 4 nitrogen and oxygen atoms in total. The number of carbonyl (C=O) groups excluding carboxylic acids is 1. The number of rotatable bonds is 3. The van der Waals surface area contributed by atoms with E-state index in [2.05, 4.69) is 10.1 Å². The van der Waals surface area contributed by atoms with Gasteiger partial charge >= 0.3 is 5.97 Å². The second kappa shape index (κ2) is 6.01. The smallest absolute Gasteiger partial charge is 0.340 e. The maximum absolute atomic E-state index is 14.0. The van der Waals surface area contributed by atoms with Crippen molar-refractivity contribution in [1.29, 1.82) is 0 Å². The normalized spacial score (nSPS) is 10.3. The van der Waals surface area contributed by atoms with E-state index in [0.29, 0.717) is 10.7 Å². The van der Waals surface area contributed by atoms with Crippen LogP contribution in [0.3, 0.4) is 0 Å². The summed E-state index contributed by atoms with van der Waals surface area (Å²) < 4.78 is 18.6. The first-order valence-electron chi connectivity index (χ1n) is 6.13. The molecular formula is C15H14ClFN2O2. The summed E-state index contributed by atoms with van der Waals surface area (Å²) in [6.07, 6.45) is 0.